The summed E-state index contributed by atoms with van der Waals surface area (Å²) in [5.74, 6) is 1.21. The third-order valence-corrected chi connectivity index (χ3v) is 5.19. The fourth-order valence-electron chi connectivity index (χ4n) is 3.52. The second-order valence-electron chi connectivity index (χ2n) is 7.59. The summed E-state index contributed by atoms with van der Waals surface area (Å²) >= 11 is 0. The third kappa shape index (κ3) is 4.70. The van der Waals surface area contributed by atoms with E-state index in [1.165, 1.54) is 24.3 Å². The van der Waals surface area contributed by atoms with Crippen molar-refractivity contribution in [3.05, 3.63) is 95.1 Å². The summed E-state index contributed by atoms with van der Waals surface area (Å²) < 4.78 is 11.6. The van der Waals surface area contributed by atoms with Crippen molar-refractivity contribution in [2.24, 2.45) is 0 Å². The molecule has 36 heavy (non-hydrogen) atoms. The Kier molecular flexibility index (Phi) is 6.38. The highest BCUT2D eigenvalue weighted by atomic mass is 16.5. The monoisotopic (exact) mass is 468 g/mol. The van der Waals surface area contributed by atoms with Gasteiger partial charge in [-0.3, -0.25) is 0 Å². The highest BCUT2D eigenvalue weighted by Gasteiger charge is 2.14. The van der Waals surface area contributed by atoms with Crippen LogP contribution >= 0.6 is 0 Å². The summed E-state index contributed by atoms with van der Waals surface area (Å²) in [6.45, 7) is 0. The molecule has 0 radical (unpaired) electrons. The molecule has 4 N–H and O–H groups in total. The Morgan fingerprint density at radius 2 is 0.750 bits per heavy atom. The highest BCUT2D eigenvalue weighted by Crippen LogP contribution is 2.34. The summed E-state index contributed by atoms with van der Waals surface area (Å²) in [5.41, 5.74) is 14.6. The van der Waals surface area contributed by atoms with Gasteiger partial charge in [0.1, 0.15) is 35.8 Å². The highest BCUT2D eigenvalue weighted by molar-refractivity contribution is 5.67. The van der Waals surface area contributed by atoms with Crippen LogP contribution in [0.1, 0.15) is 22.3 Å². The van der Waals surface area contributed by atoms with Crippen molar-refractivity contribution in [1.29, 1.82) is 21.0 Å². The number of nitrogen functional groups attached to an aromatic ring is 2. The van der Waals surface area contributed by atoms with E-state index < -0.39 is 0 Å². The van der Waals surface area contributed by atoms with Gasteiger partial charge in [-0.2, -0.15) is 21.0 Å². The molecule has 0 heterocycles. The van der Waals surface area contributed by atoms with Crippen LogP contribution in [-0.2, 0) is 0 Å². The van der Waals surface area contributed by atoms with Crippen molar-refractivity contribution in [2.75, 3.05) is 11.5 Å². The van der Waals surface area contributed by atoms with E-state index in [4.69, 9.17) is 20.9 Å². The van der Waals surface area contributed by atoms with Gasteiger partial charge < -0.3 is 20.9 Å². The molecule has 0 aliphatic carbocycles. The van der Waals surface area contributed by atoms with Crippen molar-refractivity contribution in [1.82, 2.24) is 0 Å². The molecule has 0 unspecified atom stereocenters. The topological polar surface area (TPSA) is 166 Å². The second kappa shape index (κ2) is 9.89. The molecule has 8 heteroatoms. The molecule has 170 valence electrons. The summed E-state index contributed by atoms with van der Waals surface area (Å²) in [6.07, 6.45) is 0. The molecule has 0 amide bonds. The van der Waals surface area contributed by atoms with Gasteiger partial charge in [0.05, 0.1) is 22.3 Å². The number of hydrogen-bond acceptors (Lipinski definition) is 8. The number of nitriles is 4. The number of hydrogen-bond donors (Lipinski definition) is 2. The Morgan fingerprint density at radius 3 is 1.00 bits per heavy atom. The van der Waals surface area contributed by atoms with Gasteiger partial charge in [-0.1, -0.05) is 24.3 Å². The van der Waals surface area contributed by atoms with Gasteiger partial charge in [0.25, 0.3) is 0 Å². The lowest BCUT2D eigenvalue weighted by Crippen LogP contribution is -1.96. The molecule has 0 saturated heterocycles. The first-order valence-electron chi connectivity index (χ1n) is 10.5. The molecule has 0 saturated carbocycles. The lowest BCUT2D eigenvalue weighted by atomic mass is 10.1. The molecule has 0 spiro atoms. The quantitative estimate of drug-likeness (QED) is 0.358. The molecular formula is C28H16N6O2. The van der Waals surface area contributed by atoms with Gasteiger partial charge in [-0.15, -0.1) is 0 Å². The van der Waals surface area contributed by atoms with Gasteiger partial charge in [0.2, 0.25) is 0 Å². The van der Waals surface area contributed by atoms with Crippen LogP contribution in [0.15, 0.2) is 72.8 Å². The first kappa shape index (κ1) is 23.2. The lowest BCUT2D eigenvalue weighted by molar-refractivity contribution is 0.479. The van der Waals surface area contributed by atoms with Crippen molar-refractivity contribution in [3.63, 3.8) is 0 Å². The zero-order valence-corrected chi connectivity index (χ0v) is 18.7. The fraction of sp³-hybridized carbons (Fsp3) is 0. The van der Waals surface area contributed by atoms with E-state index in [2.05, 4.69) is 0 Å². The molecule has 4 rings (SSSR count). The van der Waals surface area contributed by atoms with Crippen LogP contribution in [0.5, 0.6) is 23.0 Å². The molecule has 0 fully saturated rings. The van der Waals surface area contributed by atoms with E-state index in [9.17, 15) is 21.0 Å². The summed E-state index contributed by atoms with van der Waals surface area (Å²) in [5, 5.41) is 37.5. The van der Waals surface area contributed by atoms with Crippen LogP contribution < -0.4 is 20.9 Å². The average molecular weight is 468 g/mol. The van der Waals surface area contributed by atoms with Crippen molar-refractivity contribution < 1.29 is 9.47 Å². The predicted molar refractivity (Wildman–Crippen MR) is 133 cm³/mol. The lowest BCUT2D eigenvalue weighted by Gasteiger charge is -2.12. The maximum Gasteiger partial charge on any atom is 0.163 e. The van der Waals surface area contributed by atoms with Crippen LogP contribution in [0.3, 0.4) is 0 Å². The number of ether oxygens (including phenoxy) is 2. The minimum absolute atomic E-state index is 0.152. The van der Waals surface area contributed by atoms with Crippen LogP contribution in [-0.4, -0.2) is 0 Å². The van der Waals surface area contributed by atoms with E-state index >= 15 is 0 Å². The van der Waals surface area contributed by atoms with Crippen LogP contribution in [0.4, 0.5) is 11.4 Å². The summed E-state index contributed by atoms with van der Waals surface area (Å²) in [4.78, 5) is 0. The molecule has 8 nitrogen and oxygen atoms in total. The minimum Gasteiger partial charge on any atom is -0.455 e. The van der Waals surface area contributed by atoms with Gasteiger partial charge in [0, 0.05) is 11.4 Å². The molecule has 4 aromatic rings. The Hall–Kier alpha value is -5.96. The number of nitrogens with two attached hydrogens (primary N) is 2. The largest absolute Gasteiger partial charge is 0.455 e. The van der Waals surface area contributed by atoms with Crippen LogP contribution in [0.25, 0.3) is 11.1 Å². The SMILES string of the molecule is N#Cc1cc(N)cc(C#N)c1Oc1ccc(-c2ccc(Oc3c(C#N)cc(N)cc3C#N)cc2)cc1. The standard InChI is InChI=1S/C28H16N6O2/c29-13-19-9-23(33)10-20(14-30)27(19)35-25-5-1-17(2-6-25)18-3-7-26(8-4-18)36-28-21(15-31)11-24(34)12-22(28)16-32/h1-12H,33-34H2. The molecule has 0 bridgehead atoms. The van der Waals surface area contributed by atoms with Crippen molar-refractivity contribution in [3.8, 4) is 58.4 Å². The normalized spacial score (nSPS) is 9.78. The van der Waals surface area contributed by atoms with Gasteiger partial charge in [0.15, 0.2) is 11.5 Å². The maximum absolute atomic E-state index is 9.38. The van der Waals surface area contributed by atoms with Crippen molar-refractivity contribution in [2.45, 2.75) is 0 Å². The Bertz CT molecular complexity index is 1440. The summed E-state index contributed by atoms with van der Waals surface area (Å²) in [7, 11) is 0. The van der Waals surface area contributed by atoms with Gasteiger partial charge >= 0.3 is 0 Å². The number of anilines is 2. The predicted octanol–water partition coefficient (Wildman–Crippen LogP) is 5.59. The summed E-state index contributed by atoms with van der Waals surface area (Å²) in [6, 6.07) is 28.1. The fourth-order valence-corrected chi connectivity index (χ4v) is 3.52. The van der Waals surface area contributed by atoms with Gasteiger partial charge in [-0.05, 0) is 59.7 Å². The van der Waals surface area contributed by atoms with E-state index in [1.54, 1.807) is 24.3 Å². The molecule has 0 atom stereocenters. The number of nitrogens with zero attached hydrogens (tertiary/aromatic N) is 4. The van der Waals surface area contributed by atoms with E-state index in [0.29, 0.717) is 22.9 Å². The van der Waals surface area contributed by atoms with Gasteiger partial charge in [-0.25, -0.2) is 0 Å². The maximum atomic E-state index is 9.38. The zero-order valence-electron chi connectivity index (χ0n) is 18.7. The first-order valence-corrected chi connectivity index (χ1v) is 10.5. The Labute approximate surface area is 207 Å². The average Bonchev–Trinajstić information content (AvgIpc) is 2.90. The first-order chi connectivity index (χ1) is 17.4. The van der Waals surface area contributed by atoms with E-state index in [1.807, 2.05) is 48.5 Å². The Morgan fingerprint density at radius 1 is 0.472 bits per heavy atom. The van der Waals surface area contributed by atoms with E-state index in [0.717, 1.165) is 11.1 Å². The zero-order chi connectivity index (χ0) is 25.7. The Balaban J connectivity index is 1.55. The van der Waals surface area contributed by atoms with Crippen LogP contribution in [0, 0.1) is 45.3 Å². The molecular weight excluding hydrogens is 452 g/mol. The second-order valence-corrected chi connectivity index (χ2v) is 7.59. The molecule has 0 aliphatic rings. The van der Waals surface area contributed by atoms with E-state index in [-0.39, 0.29) is 33.8 Å². The molecule has 0 aliphatic heterocycles. The smallest absolute Gasteiger partial charge is 0.163 e. The number of benzene rings is 4. The minimum atomic E-state index is 0.152. The van der Waals surface area contributed by atoms with Crippen molar-refractivity contribution >= 4 is 11.4 Å². The van der Waals surface area contributed by atoms with Crippen LogP contribution in [0.2, 0.25) is 0 Å². The number of rotatable bonds is 5. The third-order valence-electron chi connectivity index (χ3n) is 5.19. The molecule has 4 aromatic carbocycles. The molecule has 0 aromatic heterocycles.